The molecule has 0 N–H and O–H groups in total. The van der Waals surface area contributed by atoms with Crippen molar-refractivity contribution >= 4 is 11.8 Å². The molecule has 4 heteroatoms. The van der Waals surface area contributed by atoms with Crippen LogP contribution in [0, 0.1) is 11.3 Å². The molecule has 270 valence electrons. The molecule has 1 aromatic heterocycles. The summed E-state index contributed by atoms with van der Waals surface area (Å²) in [7, 11) is 0. The SMILES string of the molecule is N#Cc1ccc(-c2ccc3c(c2)C2(c4cc(-c5cc(-c6cccc(-c7ccccc7)c6)nc(-c6ccccc6)n5)ccc4S3)c3ccccc3-c3ccccc32)cc1. The van der Waals surface area contributed by atoms with E-state index in [0.717, 1.165) is 44.8 Å². The molecule has 0 saturated heterocycles. The van der Waals surface area contributed by atoms with Crippen molar-refractivity contribution in [3.63, 3.8) is 0 Å². The molecule has 2 heterocycles. The van der Waals surface area contributed by atoms with Gasteiger partial charge in [-0.05, 0) is 104 Å². The summed E-state index contributed by atoms with van der Waals surface area (Å²) in [6.07, 6.45) is 0. The molecule has 0 amide bonds. The van der Waals surface area contributed by atoms with Gasteiger partial charge in [-0.3, -0.25) is 0 Å². The molecule has 3 nitrogen and oxygen atoms in total. The quantitative estimate of drug-likeness (QED) is 0.175. The van der Waals surface area contributed by atoms with Crippen molar-refractivity contribution in [3.8, 4) is 73.4 Å². The molecule has 0 unspecified atom stereocenters. The Balaban J connectivity index is 1.14. The fraction of sp³-hybridized carbons (Fsp3) is 0.0185. The van der Waals surface area contributed by atoms with Gasteiger partial charge >= 0.3 is 0 Å². The van der Waals surface area contributed by atoms with Crippen LogP contribution in [0.25, 0.3) is 67.3 Å². The molecule has 0 atom stereocenters. The van der Waals surface area contributed by atoms with Gasteiger partial charge in [0.25, 0.3) is 0 Å². The normalized spacial score (nSPS) is 12.9. The predicted molar refractivity (Wildman–Crippen MR) is 235 cm³/mol. The van der Waals surface area contributed by atoms with E-state index in [0.29, 0.717) is 11.4 Å². The van der Waals surface area contributed by atoms with E-state index in [-0.39, 0.29) is 0 Å². The highest BCUT2D eigenvalue weighted by Crippen LogP contribution is 2.62. The topological polar surface area (TPSA) is 49.6 Å². The summed E-state index contributed by atoms with van der Waals surface area (Å²) in [5, 5.41) is 9.52. The Hall–Kier alpha value is -7.32. The van der Waals surface area contributed by atoms with E-state index in [4.69, 9.17) is 9.97 Å². The molecule has 8 aromatic carbocycles. The zero-order valence-corrected chi connectivity index (χ0v) is 32.1. The Morgan fingerprint density at radius 2 is 0.845 bits per heavy atom. The van der Waals surface area contributed by atoms with Crippen LogP contribution in [0.3, 0.4) is 0 Å². The second kappa shape index (κ2) is 13.7. The highest BCUT2D eigenvalue weighted by Gasteiger charge is 2.50. The van der Waals surface area contributed by atoms with Crippen molar-refractivity contribution in [2.75, 3.05) is 0 Å². The van der Waals surface area contributed by atoms with Crippen LogP contribution in [0.2, 0.25) is 0 Å². The minimum Gasteiger partial charge on any atom is -0.228 e. The molecule has 1 aliphatic carbocycles. The van der Waals surface area contributed by atoms with Gasteiger partial charge in [0.15, 0.2) is 5.82 Å². The smallest absolute Gasteiger partial charge is 0.160 e. The van der Waals surface area contributed by atoms with Crippen molar-refractivity contribution in [3.05, 3.63) is 228 Å². The third-order valence-electron chi connectivity index (χ3n) is 11.6. The lowest BCUT2D eigenvalue weighted by atomic mass is 9.66. The van der Waals surface area contributed by atoms with Crippen LogP contribution < -0.4 is 0 Å². The summed E-state index contributed by atoms with van der Waals surface area (Å²) in [5.41, 5.74) is 16.9. The summed E-state index contributed by atoms with van der Waals surface area (Å²) in [4.78, 5) is 13.0. The average molecular weight is 756 g/mol. The van der Waals surface area contributed by atoms with E-state index in [1.54, 1.807) is 0 Å². The van der Waals surface area contributed by atoms with E-state index >= 15 is 0 Å². The first-order valence-corrected chi connectivity index (χ1v) is 20.3. The first-order valence-electron chi connectivity index (χ1n) is 19.4. The van der Waals surface area contributed by atoms with Gasteiger partial charge in [-0.1, -0.05) is 163 Å². The Morgan fingerprint density at radius 1 is 0.379 bits per heavy atom. The van der Waals surface area contributed by atoms with Crippen LogP contribution in [0.4, 0.5) is 0 Å². The fourth-order valence-electron chi connectivity index (χ4n) is 8.93. The van der Waals surface area contributed by atoms with Crippen LogP contribution >= 0.6 is 11.8 Å². The molecule has 1 aliphatic heterocycles. The predicted octanol–water partition coefficient (Wildman–Crippen LogP) is 13.5. The Labute approximate surface area is 342 Å². The summed E-state index contributed by atoms with van der Waals surface area (Å²) in [5.74, 6) is 0.689. The standard InChI is InChI=1S/C54H33N3S/c55-34-35-22-24-37(25-23-35)40-26-28-51-47(31-40)54(45-20-9-7-18-43(45)44-19-8-10-21-46(44)54)48-32-42(27-29-52(48)58-51)50-33-49(56-53(57-50)38-14-5-2-6-15-38)41-17-11-16-39(30-41)36-12-3-1-4-13-36/h1-33H. The number of benzene rings is 8. The van der Waals surface area contributed by atoms with Gasteiger partial charge in [-0.2, -0.15) is 5.26 Å². The van der Waals surface area contributed by atoms with Crippen LogP contribution in [0.1, 0.15) is 27.8 Å². The van der Waals surface area contributed by atoms with E-state index in [1.807, 2.05) is 48.2 Å². The Bertz CT molecular complexity index is 3050. The van der Waals surface area contributed by atoms with Crippen molar-refractivity contribution in [2.24, 2.45) is 0 Å². The van der Waals surface area contributed by atoms with Gasteiger partial charge in [0.1, 0.15) is 0 Å². The molecule has 11 rings (SSSR count). The number of aromatic nitrogens is 2. The molecule has 0 fully saturated rings. The molecular weight excluding hydrogens is 723 g/mol. The van der Waals surface area contributed by atoms with Gasteiger partial charge in [0.05, 0.1) is 28.4 Å². The molecule has 0 saturated carbocycles. The van der Waals surface area contributed by atoms with E-state index in [2.05, 4.69) is 170 Å². The largest absolute Gasteiger partial charge is 0.228 e. The number of nitrogens with zero attached hydrogens (tertiary/aromatic N) is 3. The zero-order chi connectivity index (χ0) is 38.6. The first kappa shape index (κ1) is 34.0. The van der Waals surface area contributed by atoms with E-state index in [9.17, 15) is 5.26 Å². The van der Waals surface area contributed by atoms with Gasteiger partial charge in [0, 0.05) is 26.5 Å². The number of hydrogen-bond acceptors (Lipinski definition) is 4. The summed E-state index contributed by atoms with van der Waals surface area (Å²) in [6, 6.07) is 73.3. The average Bonchev–Trinajstić information content (AvgIpc) is 3.60. The number of rotatable bonds is 5. The minimum absolute atomic E-state index is 0.580. The monoisotopic (exact) mass is 755 g/mol. The lowest BCUT2D eigenvalue weighted by Gasteiger charge is -2.40. The minimum atomic E-state index is -0.580. The van der Waals surface area contributed by atoms with Crippen molar-refractivity contribution < 1.29 is 0 Å². The second-order valence-electron chi connectivity index (χ2n) is 14.8. The lowest BCUT2D eigenvalue weighted by Crippen LogP contribution is -2.32. The van der Waals surface area contributed by atoms with Crippen LogP contribution in [-0.2, 0) is 5.41 Å². The maximum absolute atomic E-state index is 9.52. The summed E-state index contributed by atoms with van der Waals surface area (Å²) in [6.45, 7) is 0. The molecule has 2 aliphatic rings. The Morgan fingerprint density at radius 3 is 1.48 bits per heavy atom. The number of nitriles is 1. The summed E-state index contributed by atoms with van der Waals surface area (Å²) < 4.78 is 0. The van der Waals surface area contributed by atoms with E-state index in [1.165, 1.54) is 48.7 Å². The maximum atomic E-state index is 9.52. The van der Waals surface area contributed by atoms with Gasteiger partial charge in [-0.15, -0.1) is 0 Å². The van der Waals surface area contributed by atoms with Crippen molar-refractivity contribution in [1.82, 2.24) is 9.97 Å². The fourth-order valence-corrected chi connectivity index (χ4v) is 10.1. The molecule has 0 radical (unpaired) electrons. The lowest BCUT2D eigenvalue weighted by molar-refractivity contribution is 0.723. The van der Waals surface area contributed by atoms with Crippen molar-refractivity contribution in [2.45, 2.75) is 15.2 Å². The molecular formula is C54H33N3S. The second-order valence-corrected chi connectivity index (χ2v) is 15.9. The van der Waals surface area contributed by atoms with Crippen LogP contribution in [0.5, 0.6) is 0 Å². The Kier molecular flexibility index (Phi) is 8.03. The maximum Gasteiger partial charge on any atom is 0.160 e. The van der Waals surface area contributed by atoms with Gasteiger partial charge < -0.3 is 0 Å². The van der Waals surface area contributed by atoms with Gasteiger partial charge in [-0.25, -0.2) is 9.97 Å². The molecule has 9 aromatic rings. The van der Waals surface area contributed by atoms with Gasteiger partial charge in [0.2, 0.25) is 0 Å². The van der Waals surface area contributed by atoms with Crippen LogP contribution in [0.15, 0.2) is 210 Å². The third-order valence-corrected chi connectivity index (χ3v) is 12.8. The van der Waals surface area contributed by atoms with Crippen molar-refractivity contribution in [1.29, 1.82) is 5.26 Å². The van der Waals surface area contributed by atoms with Crippen LogP contribution in [-0.4, -0.2) is 9.97 Å². The highest BCUT2D eigenvalue weighted by atomic mass is 32.2. The summed E-state index contributed by atoms with van der Waals surface area (Å²) >= 11 is 1.83. The highest BCUT2D eigenvalue weighted by molar-refractivity contribution is 7.99. The number of fused-ring (bicyclic) bond motifs is 9. The number of hydrogen-bond donors (Lipinski definition) is 0. The molecule has 58 heavy (non-hydrogen) atoms. The first-order chi connectivity index (χ1) is 28.7. The zero-order valence-electron chi connectivity index (χ0n) is 31.3. The molecule has 1 spiro atoms. The van der Waals surface area contributed by atoms with E-state index < -0.39 is 5.41 Å². The molecule has 0 bridgehead atoms. The third kappa shape index (κ3) is 5.44.